The van der Waals surface area contributed by atoms with Gasteiger partial charge >= 0.3 is 0 Å². The zero-order valence-corrected chi connectivity index (χ0v) is 17.1. The van der Waals surface area contributed by atoms with Gasteiger partial charge in [-0.3, -0.25) is 4.79 Å². The Kier molecular flexibility index (Phi) is 7.57. The van der Waals surface area contributed by atoms with Crippen LogP contribution in [0.25, 0.3) is 5.82 Å². The van der Waals surface area contributed by atoms with Gasteiger partial charge in [-0.25, -0.2) is 9.67 Å². The molecular formula is C20H23Cl2N5O. The van der Waals surface area contributed by atoms with Gasteiger partial charge in [0.15, 0.2) is 5.82 Å². The van der Waals surface area contributed by atoms with Gasteiger partial charge in [0.25, 0.3) is 5.91 Å². The van der Waals surface area contributed by atoms with E-state index in [-0.39, 0.29) is 30.7 Å². The van der Waals surface area contributed by atoms with Gasteiger partial charge in [0.1, 0.15) is 0 Å². The van der Waals surface area contributed by atoms with Crippen LogP contribution in [0.2, 0.25) is 0 Å². The second-order valence-corrected chi connectivity index (χ2v) is 6.35. The van der Waals surface area contributed by atoms with Crippen molar-refractivity contribution in [1.29, 1.82) is 0 Å². The number of amides is 1. The second-order valence-electron chi connectivity index (χ2n) is 6.35. The topological polar surface area (TPSA) is 71.8 Å². The van der Waals surface area contributed by atoms with Crippen LogP contribution in [0.15, 0.2) is 48.8 Å². The van der Waals surface area contributed by atoms with Crippen molar-refractivity contribution >= 4 is 30.7 Å². The molecule has 0 saturated carbocycles. The molecule has 148 valence electrons. The molecule has 8 heteroatoms. The van der Waals surface area contributed by atoms with E-state index in [1.807, 2.05) is 25.1 Å². The molecule has 0 saturated heterocycles. The fourth-order valence-corrected chi connectivity index (χ4v) is 3.32. The number of rotatable bonds is 5. The molecule has 1 aliphatic heterocycles. The number of fused-ring (bicyclic) bond motifs is 1. The molecule has 3 aromatic rings. The van der Waals surface area contributed by atoms with Gasteiger partial charge in [0, 0.05) is 25.8 Å². The van der Waals surface area contributed by atoms with Gasteiger partial charge in [-0.2, -0.15) is 5.10 Å². The van der Waals surface area contributed by atoms with E-state index in [4.69, 9.17) is 0 Å². The molecule has 4 rings (SSSR count). The molecule has 0 radical (unpaired) electrons. The fourth-order valence-electron chi connectivity index (χ4n) is 3.32. The number of halogens is 2. The van der Waals surface area contributed by atoms with E-state index in [0.29, 0.717) is 18.5 Å². The van der Waals surface area contributed by atoms with Gasteiger partial charge in [0.05, 0.1) is 17.5 Å². The first kappa shape index (κ1) is 21.9. The number of hydrogen-bond acceptors (Lipinski definition) is 4. The summed E-state index contributed by atoms with van der Waals surface area (Å²) in [5, 5.41) is 10.7. The molecule has 1 amide bonds. The Morgan fingerprint density at radius 2 is 2.00 bits per heavy atom. The van der Waals surface area contributed by atoms with Crippen LogP contribution in [0, 0.1) is 0 Å². The van der Waals surface area contributed by atoms with Crippen molar-refractivity contribution in [3.8, 4) is 5.82 Å². The molecule has 0 unspecified atom stereocenters. The summed E-state index contributed by atoms with van der Waals surface area (Å²) in [6.07, 6.45) is 4.04. The monoisotopic (exact) mass is 419 g/mol. The molecule has 2 N–H and O–H groups in total. The summed E-state index contributed by atoms with van der Waals surface area (Å²) in [6, 6.07) is 12.0. The molecule has 1 aromatic carbocycles. The first-order valence-electron chi connectivity index (χ1n) is 8.84. The lowest BCUT2D eigenvalue weighted by atomic mass is 10.1. The molecule has 0 spiro atoms. The van der Waals surface area contributed by atoms with Gasteiger partial charge in [-0.05, 0) is 35.2 Å². The molecule has 0 atom stereocenters. The molecule has 2 aromatic heterocycles. The summed E-state index contributed by atoms with van der Waals surface area (Å²) in [6.45, 7) is 4.34. The highest BCUT2D eigenvalue weighted by molar-refractivity contribution is 5.95. The number of carbonyl (C=O) groups excluding carboxylic acids is 1. The number of pyridine rings is 1. The lowest BCUT2D eigenvalue weighted by Crippen LogP contribution is -2.24. The van der Waals surface area contributed by atoms with Gasteiger partial charge in [0.2, 0.25) is 0 Å². The minimum absolute atomic E-state index is 0. The maximum absolute atomic E-state index is 12.7. The number of benzene rings is 1. The van der Waals surface area contributed by atoms with Crippen molar-refractivity contribution in [2.75, 3.05) is 0 Å². The smallest absolute Gasteiger partial charge is 0.255 e. The lowest BCUT2D eigenvalue weighted by molar-refractivity contribution is 0.0950. The van der Waals surface area contributed by atoms with E-state index < -0.39 is 0 Å². The van der Waals surface area contributed by atoms with Crippen LogP contribution >= 0.6 is 24.8 Å². The zero-order valence-electron chi connectivity index (χ0n) is 15.5. The average Bonchev–Trinajstić information content (AvgIpc) is 3.32. The third-order valence-electron chi connectivity index (χ3n) is 4.67. The molecule has 0 aliphatic carbocycles. The van der Waals surface area contributed by atoms with E-state index in [1.54, 1.807) is 17.1 Å². The van der Waals surface area contributed by atoms with E-state index in [1.165, 1.54) is 11.1 Å². The van der Waals surface area contributed by atoms with Crippen molar-refractivity contribution in [3.05, 3.63) is 76.7 Å². The Hall–Kier alpha value is -2.41. The Bertz CT molecular complexity index is 943. The molecule has 1 aliphatic rings. The maximum Gasteiger partial charge on any atom is 0.255 e. The van der Waals surface area contributed by atoms with Crippen LogP contribution in [0.5, 0.6) is 0 Å². The Balaban J connectivity index is 0.00000140. The SMILES string of the molecule is CCc1c(C(=O)NCc2ccc3c(c2)CNC3)cnn1-c1ccccn1.Cl.Cl. The van der Waals surface area contributed by atoms with E-state index in [0.717, 1.165) is 30.2 Å². The minimum atomic E-state index is -0.109. The largest absolute Gasteiger partial charge is 0.348 e. The van der Waals surface area contributed by atoms with Gasteiger partial charge < -0.3 is 10.6 Å². The third-order valence-corrected chi connectivity index (χ3v) is 4.67. The Morgan fingerprint density at radius 3 is 2.75 bits per heavy atom. The van der Waals surface area contributed by atoms with E-state index >= 15 is 0 Å². The Labute approximate surface area is 176 Å². The quantitative estimate of drug-likeness (QED) is 0.665. The fraction of sp³-hybridized carbons (Fsp3) is 0.250. The molecule has 0 bridgehead atoms. The summed E-state index contributed by atoms with van der Waals surface area (Å²) >= 11 is 0. The summed E-state index contributed by atoms with van der Waals surface area (Å²) in [4.78, 5) is 17.0. The average molecular weight is 420 g/mol. The molecule has 0 fully saturated rings. The highest BCUT2D eigenvalue weighted by Gasteiger charge is 2.18. The van der Waals surface area contributed by atoms with Crippen molar-refractivity contribution in [2.45, 2.75) is 33.0 Å². The number of nitrogens with one attached hydrogen (secondary N) is 2. The predicted molar refractivity (Wildman–Crippen MR) is 113 cm³/mol. The number of aromatic nitrogens is 3. The number of hydrogen-bond donors (Lipinski definition) is 2. The van der Waals surface area contributed by atoms with Crippen LogP contribution in [-0.4, -0.2) is 20.7 Å². The van der Waals surface area contributed by atoms with Gasteiger partial charge in [-0.15, -0.1) is 24.8 Å². The normalized spacial score (nSPS) is 11.9. The maximum atomic E-state index is 12.7. The third kappa shape index (κ3) is 4.35. The van der Waals surface area contributed by atoms with Crippen LogP contribution in [0.1, 0.15) is 39.7 Å². The molecule has 28 heavy (non-hydrogen) atoms. The van der Waals surface area contributed by atoms with Crippen molar-refractivity contribution in [2.24, 2.45) is 0 Å². The summed E-state index contributed by atoms with van der Waals surface area (Å²) in [7, 11) is 0. The first-order valence-corrected chi connectivity index (χ1v) is 8.84. The van der Waals surface area contributed by atoms with Crippen molar-refractivity contribution in [1.82, 2.24) is 25.4 Å². The summed E-state index contributed by atoms with van der Waals surface area (Å²) in [5.74, 6) is 0.608. The van der Waals surface area contributed by atoms with Crippen LogP contribution in [-0.2, 0) is 26.1 Å². The van der Waals surface area contributed by atoms with Crippen molar-refractivity contribution < 1.29 is 4.79 Å². The standard InChI is InChI=1S/C20H21N5O.2ClH/c1-2-18-17(13-24-25(18)19-5-3-4-8-22-19)20(26)23-10-14-6-7-15-11-21-12-16(15)9-14;;/h3-9,13,21H,2,10-12H2,1H3,(H,23,26);2*1H. The molecule has 6 nitrogen and oxygen atoms in total. The summed E-state index contributed by atoms with van der Waals surface area (Å²) < 4.78 is 1.73. The first-order chi connectivity index (χ1) is 12.8. The van der Waals surface area contributed by atoms with Crippen molar-refractivity contribution in [3.63, 3.8) is 0 Å². The van der Waals surface area contributed by atoms with Crippen LogP contribution in [0.4, 0.5) is 0 Å². The van der Waals surface area contributed by atoms with Crippen LogP contribution in [0.3, 0.4) is 0 Å². The highest BCUT2D eigenvalue weighted by atomic mass is 35.5. The minimum Gasteiger partial charge on any atom is -0.348 e. The van der Waals surface area contributed by atoms with Crippen LogP contribution < -0.4 is 10.6 Å². The zero-order chi connectivity index (χ0) is 17.9. The highest BCUT2D eigenvalue weighted by Crippen LogP contribution is 2.18. The summed E-state index contributed by atoms with van der Waals surface area (Å²) in [5.41, 5.74) is 5.22. The number of carbonyl (C=O) groups is 1. The Morgan fingerprint density at radius 1 is 1.18 bits per heavy atom. The van der Waals surface area contributed by atoms with Gasteiger partial charge in [-0.1, -0.05) is 31.2 Å². The number of nitrogens with zero attached hydrogens (tertiary/aromatic N) is 3. The van der Waals surface area contributed by atoms with E-state index in [2.05, 4.69) is 38.9 Å². The van der Waals surface area contributed by atoms with E-state index in [9.17, 15) is 4.79 Å². The predicted octanol–water partition coefficient (Wildman–Crippen LogP) is 3.21. The molecule has 3 heterocycles. The molecular weight excluding hydrogens is 397 g/mol. The lowest BCUT2D eigenvalue weighted by Gasteiger charge is -2.09. The second kappa shape index (κ2) is 9.68.